The highest BCUT2D eigenvalue weighted by molar-refractivity contribution is 8.22. The van der Waals surface area contributed by atoms with Crippen molar-refractivity contribution in [3.8, 4) is 0 Å². The number of rotatable bonds is 4. The first-order valence-corrected chi connectivity index (χ1v) is 6.35. The molecule has 0 radical (unpaired) electrons. The number of ether oxygens (including phenoxy) is 2. The molecule has 0 aromatic heterocycles. The van der Waals surface area contributed by atoms with Gasteiger partial charge in [-0.1, -0.05) is 6.08 Å². The zero-order valence-corrected chi connectivity index (χ0v) is 9.75. The minimum absolute atomic E-state index is 0.0874. The summed E-state index contributed by atoms with van der Waals surface area (Å²) in [5.41, 5.74) is 0. The van der Waals surface area contributed by atoms with E-state index >= 15 is 0 Å². The van der Waals surface area contributed by atoms with E-state index in [1.54, 1.807) is 14.2 Å². The van der Waals surface area contributed by atoms with E-state index in [2.05, 4.69) is 6.08 Å². The largest absolute Gasteiger partial charge is 0.356 e. The number of methoxy groups -OCH3 is 2. The fraction of sp³-hybridized carbons (Fsp3) is 0.778. The van der Waals surface area contributed by atoms with Gasteiger partial charge in [0, 0.05) is 24.9 Å². The molecule has 0 atom stereocenters. The van der Waals surface area contributed by atoms with E-state index in [1.807, 2.05) is 23.5 Å². The highest BCUT2D eigenvalue weighted by atomic mass is 32.2. The Morgan fingerprint density at radius 3 is 2.46 bits per heavy atom. The third-order valence-corrected chi connectivity index (χ3v) is 4.38. The van der Waals surface area contributed by atoms with Gasteiger partial charge >= 0.3 is 0 Å². The monoisotopic (exact) mass is 220 g/mol. The third-order valence-electron chi connectivity index (χ3n) is 1.78. The van der Waals surface area contributed by atoms with E-state index in [0.717, 1.165) is 6.42 Å². The number of hydrogen-bond donors (Lipinski definition) is 0. The molecule has 0 aromatic rings. The molecule has 1 rings (SSSR count). The minimum Gasteiger partial charge on any atom is -0.356 e. The summed E-state index contributed by atoms with van der Waals surface area (Å²) in [6, 6.07) is 0. The van der Waals surface area contributed by atoms with Crippen molar-refractivity contribution in [3.63, 3.8) is 0 Å². The van der Waals surface area contributed by atoms with Crippen LogP contribution in [0.2, 0.25) is 0 Å². The molecular formula is C9H16O2S2. The molecule has 1 fully saturated rings. The van der Waals surface area contributed by atoms with Crippen LogP contribution in [0.25, 0.3) is 0 Å². The van der Waals surface area contributed by atoms with Gasteiger partial charge in [0.15, 0.2) is 6.29 Å². The predicted molar refractivity (Wildman–Crippen MR) is 60.0 cm³/mol. The van der Waals surface area contributed by atoms with E-state index in [-0.39, 0.29) is 6.29 Å². The molecule has 1 aliphatic rings. The first-order chi connectivity index (χ1) is 6.36. The van der Waals surface area contributed by atoms with Crippen molar-refractivity contribution in [1.82, 2.24) is 0 Å². The summed E-state index contributed by atoms with van der Waals surface area (Å²) < 4.78 is 11.6. The Morgan fingerprint density at radius 2 is 1.92 bits per heavy atom. The molecule has 1 aliphatic heterocycles. The second kappa shape index (κ2) is 6.76. The van der Waals surface area contributed by atoms with Crippen LogP contribution in [0.4, 0.5) is 0 Å². The van der Waals surface area contributed by atoms with E-state index in [1.165, 1.54) is 22.2 Å². The van der Waals surface area contributed by atoms with Gasteiger partial charge in [-0.15, -0.1) is 23.5 Å². The SMILES string of the molecule is COC(CC=C1SCCCS1)OC. The Balaban J connectivity index is 2.27. The Bertz CT molecular complexity index is 159. The summed E-state index contributed by atoms with van der Waals surface area (Å²) in [4.78, 5) is 0. The summed E-state index contributed by atoms with van der Waals surface area (Å²) in [7, 11) is 3.35. The molecule has 0 unspecified atom stereocenters. The Hall–Kier alpha value is 0.360. The number of hydrogen-bond acceptors (Lipinski definition) is 4. The van der Waals surface area contributed by atoms with Crippen molar-refractivity contribution in [2.24, 2.45) is 0 Å². The van der Waals surface area contributed by atoms with Gasteiger partial charge in [-0.05, 0) is 17.9 Å². The smallest absolute Gasteiger partial charge is 0.160 e. The summed E-state index contributed by atoms with van der Waals surface area (Å²) in [6.07, 6.45) is 4.30. The molecule has 13 heavy (non-hydrogen) atoms. The molecule has 0 N–H and O–H groups in total. The van der Waals surface area contributed by atoms with Gasteiger partial charge < -0.3 is 9.47 Å². The minimum atomic E-state index is -0.0874. The Kier molecular flexibility index (Phi) is 5.95. The molecule has 1 saturated heterocycles. The maximum Gasteiger partial charge on any atom is 0.160 e. The lowest BCUT2D eigenvalue weighted by Crippen LogP contribution is -2.11. The van der Waals surface area contributed by atoms with Gasteiger partial charge in [0.2, 0.25) is 0 Å². The van der Waals surface area contributed by atoms with Crippen LogP contribution in [0, 0.1) is 0 Å². The van der Waals surface area contributed by atoms with Gasteiger partial charge in [0.25, 0.3) is 0 Å². The van der Waals surface area contributed by atoms with Gasteiger partial charge in [0.05, 0.1) is 0 Å². The second-order valence-electron chi connectivity index (χ2n) is 2.71. The molecule has 1 heterocycles. The fourth-order valence-electron chi connectivity index (χ4n) is 1.05. The summed E-state index contributed by atoms with van der Waals surface area (Å²) in [5, 5.41) is 0. The van der Waals surface area contributed by atoms with E-state index in [9.17, 15) is 0 Å². The van der Waals surface area contributed by atoms with Crippen molar-refractivity contribution >= 4 is 23.5 Å². The third kappa shape index (κ3) is 4.40. The van der Waals surface area contributed by atoms with Crippen LogP contribution in [-0.2, 0) is 9.47 Å². The van der Waals surface area contributed by atoms with Gasteiger partial charge in [-0.2, -0.15) is 0 Å². The first-order valence-electron chi connectivity index (χ1n) is 4.38. The van der Waals surface area contributed by atoms with Crippen LogP contribution in [0.3, 0.4) is 0 Å². The highest BCUT2D eigenvalue weighted by Crippen LogP contribution is 2.34. The maximum atomic E-state index is 5.11. The molecule has 0 spiro atoms. The average Bonchev–Trinajstić information content (AvgIpc) is 2.21. The molecule has 76 valence electrons. The summed E-state index contributed by atoms with van der Waals surface area (Å²) in [5.74, 6) is 2.51. The first kappa shape index (κ1) is 11.4. The van der Waals surface area contributed by atoms with Crippen LogP contribution < -0.4 is 0 Å². The molecule has 0 aliphatic carbocycles. The molecule has 0 amide bonds. The van der Waals surface area contributed by atoms with Gasteiger partial charge in [0.1, 0.15) is 0 Å². The van der Waals surface area contributed by atoms with Gasteiger partial charge in [-0.3, -0.25) is 0 Å². The molecule has 0 aromatic carbocycles. The molecule has 2 nitrogen and oxygen atoms in total. The standard InChI is InChI=1S/C9H16O2S2/c1-10-8(11-2)4-5-9-12-6-3-7-13-9/h5,8H,3-4,6-7H2,1-2H3. The lowest BCUT2D eigenvalue weighted by molar-refractivity contribution is -0.0986. The van der Waals surface area contributed by atoms with E-state index < -0.39 is 0 Å². The van der Waals surface area contributed by atoms with E-state index in [4.69, 9.17) is 9.47 Å². The highest BCUT2D eigenvalue weighted by Gasteiger charge is 2.08. The Morgan fingerprint density at radius 1 is 1.31 bits per heavy atom. The van der Waals surface area contributed by atoms with Crippen LogP contribution in [-0.4, -0.2) is 32.0 Å². The predicted octanol–water partition coefficient (Wildman–Crippen LogP) is 2.71. The lowest BCUT2D eigenvalue weighted by Gasteiger charge is -2.14. The molecule has 4 heteroatoms. The second-order valence-corrected chi connectivity index (χ2v) is 5.24. The van der Waals surface area contributed by atoms with Crippen molar-refractivity contribution in [2.45, 2.75) is 19.1 Å². The van der Waals surface area contributed by atoms with Crippen LogP contribution in [0.1, 0.15) is 12.8 Å². The zero-order chi connectivity index (χ0) is 9.52. The van der Waals surface area contributed by atoms with Crippen LogP contribution in [0.5, 0.6) is 0 Å². The normalized spacial score (nSPS) is 17.9. The van der Waals surface area contributed by atoms with Crippen molar-refractivity contribution in [1.29, 1.82) is 0 Å². The molecule has 0 saturated carbocycles. The fourth-order valence-corrected chi connectivity index (χ4v) is 3.47. The molecular weight excluding hydrogens is 204 g/mol. The molecule has 0 bridgehead atoms. The van der Waals surface area contributed by atoms with Crippen molar-refractivity contribution in [3.05, 3.63) is 10.3 Å². The van der Waals surface area contributed by atoms with Crippen molar-refractivity contribution < 1.29 is 9.47 Å². The average molecular weight is 220 g/mol. The summed E-state index contributed by atoms with van der Waals surface area (Å²) in [6.45, 7) is 0. The Labute approximate surface area is 88.4 Å². The maximum absolute atomic E-state index is 5.11. The van der Waals surface area contributed by atoms with Gasteiger partial charge in [-0.25, -0.2) is 0 Å². The van der Waals surface area contributed by atoms with E-state index in [0.29, 0.717) is 0 Å². The number of thioether (sulfide) groups is 2. The van der Waals surface area contributed by atoms with Crippen LogP contribution >= 0.6 is 23.5 Å². The van der Waals surface area contributed by atoms with Crippen molar-refractivity contribution in [2.75, 3.05) is 25.7 Å². The topological polar surface area (TPSA) is 18.5 Å². The lowest BCUT2D eigenvalue weighted by atomic mass is 10.4. The summed E-state index contributed by atoms with van der Waals surface area (Å²) >= 11 is 3.88. The quantitative estimate of drug-likeness (QED) is 0.678. The zero-order valence-electron chi connectivity index (χ0n) is 8.12. The van der Waals surface area contributed by atoms with Crippen LogP contribution in [0.15, 0.2) is 10.3 Å².